The zero-order chi connectivity index (χ0) is 13.0. The molecule has 0 saturated heterocycles. The van der Waals surface area contributed by atoms with E-state index in [0.717, 1.165) is 11.3 Å². The van der Waals surface area contributed by atoms with E-state index in [4.69, 9.17) is 5.73 Å². The molecule has 0 fully saturated rings. The van der Waals surface area contributed by atoms with Crippen molar-refractivity contribution in [3.05, 3.63) is 53.1 Å². The third-order valence-electron chi connectivity index (χ3n) is 2.48. The van der Waals surface area contributed by atoms with Crippen molar-refractivity contribution in [3.8, 4) is 0 Å². The second-order valence-corrected chi connectivity index (χ2v) is 4.84. The van der Waals surface area contributed by atoms with Crippen LogP contribution in [0.15, 0.2) is 35.6 Å². The fourth-order valence-electron chi connectivity index (χ4n) is 1.50. The van der Waals surface area contributed by atoms with Crippen molar-refractivity contribution in [1.82, 2.24) is 9.97 Å². The van der Waals surface area contributed by atoms with E-state index in [2.05, 4.69) is 9.97 Å². The van der Waals surface area contributed by atoms with Gasteiger partial charge >= 0.3 is 0 Å². The lowest BCUT2D eigenvalue weighted by atomic mass is 10.1. The van der Waals surface area contributed by atoms with E-state index in [1.54, 1.807) is 18.3 Å². The number of hydrogen-bond acceptors (Lipinski definition) is 4. The fourth-order valence-corrected chi connectivity index (χ4v) is 2.35. The van der Waals surface area contributed by atoms with Crippen molar-refractivity contribution in [1.29, 1.82) is 0 Å². The maximum atomic E-state index is 13.6. The van der Waals surface area contributed by atoms with Crippen molar-refractivity contribution in [2.45, 2.75) is 24.4 Å². The number of thioether (sulfide) groups is 1. The molecule has 0 aliphatic heterocycles. The maximum absolute atomic E-state index is 13.6. The molecular weight excluding hydrogens is 249 g/mol. The number of aromatic nitrogens is 2. The van der Waals surface area contributed by atoms with Gasteiger partial charge in [-0.05, 0) is 30.2 Å². The lowest BCUT2D eigenvalue weighted by molar-refractivity contribution is 0.616. The summed E-state index contributed by atoms with van der Waals surface area (Å²) >= 11 is 1.42. The molecule has 2 aromatic rings. The average Bonchev–Trinajstić information content (AvgIpc) is 2.38. The Hall–Kier alpha value is -1.46. The third kappa shape index (κ3) is 3.27. The van der Waals surface area contributed by atoms with Crippen LogP contribution >= 0.6 is 11.8 Å². The topological polar surface area (TPSA) is 51.8 Å². The Labute approximate surface area is 110 Å². The molecule has 0 radical (unpaired) electrons. The summed E-state index contributed by atoms with van der Waals surface area (Å²) in [6.07, 6.45) is 1.71. The monoisotopic (exact) mass is 263 g/mol. The van der Waals surface area contributed by atoms with Gasteiger partial charge < -0.3 is 5.73 Å². The first-order chi connectivity index (χ1) is 8.69. The minimum atomic E-state index is -0.215. The minimum Gasteiger partial charge on any atom is -0.326 e. The van der Waals surface area contributed by atoms with E-state index < -0.39 is 0 Å². The second-order valence-electron chi connectivity index (χ2n) is 3.90. The summed E-state index contributed by atoms with van der Waals surface area (Å²) < 4.78 is 13.6. The molecule has 1 heterocycles. The van der Waals surface area contributed by atoms with Gasteiger partial charge in [-0.1, -0.05) is 23.9 Å². The molecule has 18 heavy (non-hydrogen) atoms. The summed E-state index contributed by atoms with van der Waals surface area (Å²) in [4.78, 5) is 8.40. The van der Waals surface area contributed by atoms with Crippen LogP contribution in [-0.2, 0) is 12.3 Å². The normalized spacial score (nSPS) is 10.6. The summed E-state index contributed by atoms with van der Waals surface area (Å²) in [5.41, 5.74) is 8.01. The molecule has 0 saturated carbocycles. The third-order valence-corrected chi connectivity index (χ3v) is 3.39. The van der Waals surface area contributed by atoms with Gasteiger partial charge in [0.2, 0.25) is 0 Å². The van der Waals surface area contributed by atoms with Crippen molar-refractivity contribution in [2.24, 2.45) is 5.73 Å². The lowest BCUT2D eigenvalue weighted by Crippen LogP contribution is -1.99. The predicted molar refractivity (Wildman–Crippen MR) is 70.6 cm³/mol. The molecule has 0 spiro atoms. The van der Waals surface area contributed by atoms with E-state index in [0.29, 0.717) is 23.0 Å². The van der Waals surface area contributed by atoms with Crippen LogP contribution in [-0.4, -0.2) is 9.97 Å². The first kappa shape index (κ1) is 13.0. The largest absolute Gasteiger partial charge is 0.326 e. The summed E-state index contributed by atoms with van der Waals surface area (Å²) in [5, 5.41) is 0.660. The molecule has 94 valence electrons. The van der Waals surface area contributed by atoms with E-state index >= 15 is 0 Å². The zero-order valence-electron chi connectivity index (χ0n) is 10.1. The van der Waals surface area contributed by atoms with Gasteiger partial charge in [0.25, 0.3) is 0 Å². The van der Waals surface area contributed by atoms with Gasteiger partial charge in [-0.15, -0.1) is 0 Å². The predicted octanol–water partition coefficient (Wildman–Crippen LogP) is 2.68. The van der Waals surface area contributed by atoms with Crippen molar-refractivity contribution in [2.75, 3.05) is 0 Å². The number of rotatable bonds is 4. The van der Waals surface area contributed by atoms with Gasteiger partial charge in [-0.3, -0.25) is 0 Å². The highest BCUT2D eigenvalue weighted by molar-refractivity contribution is 7.98. The van der Waals surface area contributed by atoms with E-state index in [1.807, 2.05) is 13.0 Å². The lowest BCUT2D eigenvalue weighted by Gasteiger charge is -2.05. The Balaban J connectivity index is 2.10. The van der Waals surface area contributed by atoms with Gasteiger partial charge in [0.15, 0.2) is 5.16 Å². The number of benzene rings is 1. The summed E-state index contributed by atoms with van der Waals surface area (Å²) in [7, 11) is 0. The molecule has 0 amide bonds. The van der Waals surface area contributed by atoms with Gasteiger partial charge in [0.05, 0.1) is 0 Å². The van der Waals surface area contributed by atoms with Crippen LogP contribution in [0.25, 0.3) is 0 Å². The van der Waals surface area contributed by atoms with Crippen LogP contribution < -0.4 is 5.73 Å². The van der Waals surface area contributed by atoms with E-state index in [9.17, 15) is 4.39 Å². The Morgan fingerprint density at radius 2 is 2.17 bits per heavy atom. The van der Waals surface area contributed by atoms with E-state index in [-0.39, 0.29) is 5.82 Å². The Morgan fingerprint density at radius 3 is 2.89 bits per heavy atom. The summed E-state index contributed by atoms with van der Waals surface area (Å²) in [6.45, 7) is 2.32. The Morgan fingerprint density at radius 1 is 1.33 bits per heavy atom. The summed E-state index contributed by atoms with van der Waals surface area (Å²) in [5.74, 6) is 0.288. The van der Waals surface area contributed by atoms with Crippen LogP contribution in [0.5, 0.6) is 0 Å². The van der Waals surface area contributed by atoms with Crippen LogP contribution in [0.2, 0.25) is 0 Å². The first-order valence-electron chi connectivity index (χ1n) is 5.59. The van der Waals surface area contributed by atoms with Crippen molar-refractivity contribution < 1.29 is 4.39 Å². The van der Waals surface area contributed by atoms with Crippen LogP contribution in [0.1, 0.15) is 16.8 Å². The highest BCUT2D eigenvalue weighted by atomic mass is 32.2. The number of nitrogens with zero attached hydrogens (tertiary/aromatic N) is 2. The Kier molecular flexibility index (Phi) is 4.28. The molecule has 5 heteroatoms. The summed E-state index contributed by atoms with van der Waals surface area (Å²) in [6, 6.07) is 6.78. The number of aryl methyl sites for hydroxylation is 1. The SMILES string of the molecule is Cc1ccnc(SCc2cc(CN)ccc2F)n1. The highest BCUT2D eigenvalue weighted by Gasteiger charge is 2.05. The standard InChI is InChI=1S/C13H14FN3S/c1-9-4-5-16-13(17-9)18-8-11-6-10(7-15)2-3-12(11)14/h2-6H,7-8,15H2,1H3. The van der Waals surface area contributed by atoms with Crippen LogP contribution in [0.3, 0.4) is 0 Å². The molecule has 0 atom stereocenters. The maximum Gasteiger partial charge on any atom is 0.188 e. The molecule has 0 aliphatic carbocycles. The zero-order valence-corrected chi connectivity index (χ0v) is 10.9. The number of hydrogen-bond donors (Lipinski definition) is 1. The molecule has 2 N–H and O–H groups in total. The van der Waals surface area contributed by atoms with Gasteiger partial charge in [0, 0.05) is 24.2 Å². The van der Waals surface area contributed by atoms with Gasteiger partial charge in [-0.25, -0.2) is 14.4 Å². The molecule has 3 nitrogen and oxygen atoms in total. The smallest absolute Gasteiger partial charge is 0.188 e. The number of halogens is 1. The van der Waals surface area contributed by atoms with Crippen LogP contribution in [0, 0.1) is 12.7 Å². The minimum absolute atomic E-state index is 0.215. The van der Waals surface area contributed by atoms with E-state index in [1.165, 1.54) is 17.8 Å². The molecule has 0 unspecified atom stereocenters. The van der Waals surface area contributed by atoms with Gasteiger partial charge in [-0.2, -0.15) is 0 Å². The molecular formula is C13H14FN3S. The average molecular weight is 263 g/mol. The van der Waals surface area contributed by atoms with Gasteiger partial charge in [0.1, 0.15) is 5.82 Å². The first-order valence-corrected chi connectivity index (χ1v) is 6.57. The van der Waals surface area contributed by atoms with Crippen molar-refractivity contribution >= 4 is 11.8 Å². The second kappa shape index (κ2) is 5.93. The fraction of sp³-hybridized carbons (Fsp3) is 0.231. The van der Waals surface area contributed by atoms with Crippen molar-refractivity contribution in [3.63, 3.8) is 0 Å². The van der Waals surface area contributed by atoms with Crippen LogP contribution in [0.4, 0.5) is 4.39 Å². The number of nitrogens with two attached hydrogens (primary N) is 1. The molecule has 0 aliphatic rings. The Bertz CT molecular complexity index is 546. The quantitative estimate of drug-likeness (QED) is 0.680. The highest BCUT2D eigenvalue weighted by Crippen LogP contribution is 2.21. The molecule has 1 aromatic heterocycles. The molecule has 2 rings (SSSR count). The molecule has 0 bridgehead atoms. The molecule has 1 aromatic carbocycles.